The molecule has 0 saturated heterocycles. The minimum atomic E-state index is -5.03. The largest absolute Gasteiger partial charge is 1.00 e. The zero-order valence-electron chi connectivity index (χ0n) is 21.4. The molecule has 0 aromatic heterocycles. The van der Waals surface area contributed by atoms with Gasteiger partial charge in [0.15, 0.2) is 0 Å². The molecule has 1 aromatic rings. The van der Waals surface area contributed by atoms with Gasteiger partial charge < -0.3 is 19.1 Å². The van der Waals surface area contributed by atoms with Crippen molar-refractivity contribution < 1.29 is 87.8 Å². The van der Waals surface area contributed by atoms with Crippen LogP contribution in [-0.4, -0.2) is 12.7 Å². The van der Waals surface area contributed by atoms with Crippen molar-refractivity contribution in [2.45, 2.75) is 110 Å². The first-order chi connectivity index (χ1) is 14.9. The molecule has 0 aliphatic heterocycles. The van der Waals surface area contributed by atoms with Crippen molar-refractivity contribution in [3.05, 3.63) is 29.8 Å². The molecule has 0 heterocycles. The molecule has 0 bridgehead atoms. The predicted molar refractivity (Wildman–Crippen MR) is 121 cm³/mol. The third-order valence-corrected chi connectivity index (χ3v) is 5.67. The number of ether oxygens (including phenoxy) is 1. The molecule has 33 heavy (non-hydrogen) atoms. The Balaban J connectivity index is 0. The van der Waals surface area contributed by atoms with Crippen LogP contribution in [0.2, 0.25) is 0 Å². The average Bonchev–Trinajstić information content (AvgIpc) is 2.72. The van der Waals surface area contributed by atoms with Gasteiger partial charge in [0.1, 0.15) is 13.6 Å². The van der Waals surface area contributed by atoms with Crippen LogP contribution in [0.3, 0.4) is 0 Å². The van der Waals surface area contributed by atoms with E-state index in [0.29, 0.717) is 6.42 Å². The fourth-order valence-electron chi connectivity index (χ4n) is 3.55. The molecule has 9 heteroatoms. The third-order valence-electron chi connectivity index (χ3n) is 5.40. The number of para-hydroxylation sites is 1. The van der Waals surface area contributed by atoms with Crippen LogP contribution < -0.4 is 73.6 Å². The molecule has 1 unspecified atom stereocenters. The summed E-state index contributed by atoms with van der Waals surface area (Å²) in [5.41, 5.74) is 1.20. The average molecular weight is 503 g/mol. The van der Waals surface area contributed by atoms with Gasteiger partial charge in [-0.15, -0.1) is 0 Å². The van der Waals surface area contributed by atoms with E-state index in [1.807, 2.05) is 18.2 Å². The molecule has 6 nitrogen and oxygen atoms in total. The van der Waals surface area contributed by atoms with Gasteiger partial charge in [0.25, 0.3) is 0 Å². The van der Waals surface area contributed by atoms with Crippen LogP contribution in [0.1, 0.15) is 102 Å². The first kappa shape index (κ1) is 36.2. The monoisotopic (exact) mass is 502 g/mol. The van der Waals surface area contributed by atoms with Crippen LogP contribution in [0, 0.1) is 6.92 Å². The number of benzene rings is 1. The van der Waals surface area contributed by atoms with Crippen molar-refractivity contribution >= 4 is 7.82 Å². The fourth-order valence-corrected chi connectivity index (χ4v) is 3.81. The zero-order valence-corrected chi connectivity index (χ0v) is 26.3. The maximum absolute atomic E-state index is 10.3. The van der Waals surface area contributed by atoms with Gasteiger partial charge in [-0.3, -0.25) is 0 Å². The van der Waals surface area contributed by atoms with Gasteiger partial charge >= 0.3 is 59.1 Å². The molecular formula is C24H41Na2O6P. The normalized spacial score (nSPS) is 12.0. The van der Waals surface area contributed by atoms with Crippen LogP contribution in [0.25, 0.3) is 0 Å². The van der Waals surface area contributed by atoms with Gasteiger partial charge in [-0.25, -0.2) is 9.56 Å². The summed E-state index contributed by atoms with van der Waals surface area (Å²) < 4.78 is 20.0. The molecule has 1 aromatic carbocycles. The molecule has 0 aliphatic rings. The molecule has 1 atom stereocenters. The Kier molecular flexibility index (Phi) is 25.8. The van der Waals surface area contributed by atoms with Crippen LogP contribution in [0.15, 0.2) is 24.3 Å². The van der Waals surface area contributed by atoms with E-state index >= 15 is 0 Å². The fraction of sp³-hybridized carbons (Fsp3) is 0.750. The Morgan fingerprint density at radius 3 is 1.73 bits per heavy atom. The van der Waals surface area contributed by atoms with Crippen LogP contribution in [0.4, 0.5) is 0 Å². The van der Waals surface area contributed by atoms with Gasteiger partial charge in [0.05, 0.1) is 12.7 Å². The summed E-state index contributed by atoms with van der Waals surface area (Å²) in [5.74, 6) is 1.01. The van der Waals surface area contributed by atoms with E-state index in [9.17, 15) is 14.4 Å². The Bertz CT molecular complexity index is 614. The summed E-state index contributed by atoms with van der Waals surface area (Å²) in [6, 6.07) is 8.18. The number of unbranched alkanes of at least 4 members (excludes halogenated alkanes) is 12. The van der Waals surface area contributed by atoms with Gasteiger partial charge in [0.2, 0.25) is 0 Å². The second-order valence-corrected chi connectivity index (χ2v) is 9.47. The van der Waals surface area contributed by atoms with Crippen LogP contribution >= 0.6 is 7.82 Å². The molecule has 0 N–H and O–H groups in total. The molecule has 1 rings (SSSR count). The molecule has 0 aliphatic carbocycles. The standard InChI is InChI=1S/C24H43O6P.2Na/c1-22-18-15-16-20-24(22)28-21-17-13-11-9-7-5-3-4-6-8-10-12-14-19-23(2)29-30-31(25,26)27;;/h15-16,18,20,23H,3-14,17,19,21H2,1-2H3,(H2,25,26,27);;/q;2*+1/p-2. The maximum atomic E-state index is 10.3. The number of rotatable bonds is 20. The number of hydrogen-bond donors (Lipinski definition) is 0. The quantitative estimate of drug-likeness (QED) is 0.0821. The third kappa shape index (κ3) is 23.3. The molecule has 0 saturated carbocycles. The Morgan fingerprint density at radius 2 is 1.24 bits per heavy atom. The van der Waals surface area contributed by atoms with E-state index in [0.717, 1.165) is 31.6 Å². The summed E-state index contributed by atoms with van der Waals surface area (Å²) in [6.45, 7) is 4.60. The summed E-state index contributed by atoms with van der Waals surface area (Å²) in [4.78, 5) is 25.2. The predicted octanol–water partition coefficient (Wildman–Crippen LogP) is 0.00862. The van der Waals surface area contributed by atoms with Gasteiger partial charge in [-0.05, 0) is 38.3 Å². The second kappa shape index (κ2) is 23.5. The van der Waals surface area contributed by atoms with Crippen molar-refractivity contribution in [1.29, 1.82) is 0 Å². The van der Waals surface area contributed by atoms with Gasteiger partial charge in [-0.1, -0.05) is 95.2 Å². The number of phosphoric acid groups is 1. The summed E-state index contributed by atoms with van der Waals surface area (Å²) in [5, 5.41) is 0. The first-order valence-electron chi connectivity index (χ1n) is 11.9. The first-order valence-corrected chi connectivity index (χ1v) is 13.4. The minimum Gasteiger partial charge on any atom is -0.788 e. The van der Waals surface area contributed by atoms with E-state index in [4.69, 9.17) is 4.74 Å². The summed E-state index contributed by atoms with van der Waals surface area (Å²) >= 11 is 0. The molecule has 180 valence electrons. The van der Waals surface area contributed by atoms with Crippen molar-refractivity contribution in [2.24, 2.45) is 0 Å². The maximum Gasteiger partial charge on any atom is 1.00 e. The van der Waals surface area contributed by atoms with Crippen molar-refractivity contribution in [3.8, 4) is 5.75 Å². The van der Waals surface area contributed by atoms with Crippen molar-refractivity contribution in [2.75, 3.05) is 6.61 Å². The molecular weight excluding hydrogens is 461 g/mol. The van der Waals surface area contributed by atoms with Crippen LogP contribution in [-0.2, 0) is 14.1 Å². The van der Waals surface area contributed by atoms with Crippen LogP contribution in [0.5, 0.6) is 5.75 Å². The van der Waals surface area contributed by atoms with Gasteiger partial charge in [0, 0.05) is 0 Å². The molecule has 0 amide bonds. The van der Waals surface area contributed by atoms with E-state index in [-0.39, 0.29) is 65.2 Å². The van der Waals surface area contributed by atoms with E-state index in [2.05, 4.69) is 22.6 Å². The summed E-state index contributed by atoms with van der Waals surface area (Å²) in [7, 11) is -5.03. The second-order valence-electron chi connectivity index (χ2n) is 8.43. The van der Waals surface area contributed by atoms with Crippen molar-refractivity contribution in [1.82, 2.24) is 0 Å². The zero-order chi connectivity index (χ0) is 22.8. The summed E-state index contributed by atoms with van der Waals surface area (Å²) in [6.07, 6.45) is 16.3. The molecule has 0 spiro atoms. The van der Waals surface area contributed by atoms with E-state index in [1.54, 1.807) is 6.92 Å². The smallest absolute Gasteiger partial charge is 0.788 e. The van der Waals surface area contributed by atoms with E-state index in [1.165, 1.54) is 69.8 Å². The van der Waals surface area contributed by atoms with Gasteiger partial charge in [-0.2, -0.15) is 0 Å². The number of hydrogen-bond acceptors (Lipinski definition) is 6. The Labute approximate surface area is 245 Å². The topological polar surface area (TPSA) is 90.9 Å². The minimum absolute atomic E-state index is 0. The number of aryl methyl sites for hydroxylation is 1. The SMILES string of the molecule is Cc1ccccc1OCCCCCCCCCCCCCCCC(C)OOP(=O)([O-])[O-].[Na+].[Na+]. The Hall–Kier alpha value is 1.09. The Morgan fingerprint density at radius 1 is 0.788 bits per heavy atom. The van der Waals surface area contributed by atoms with E-state index < -0.39 is 7.82 Å². The molecule has 0 fully saturated rings. The van der Waals surface area contributed by atoms with Crippen molar-refractivity contribution in [3.63, 3.8) is 0 Å². The molecule has 0 radical (unpaired) electrons.